The first-order chi connectivity index (χ1) is 9.45. The molecule has 0 aliphatic heterocycles. The number of rotatable bonds is 0. The quantitative estimate of drug-likeness (QED) is 0.410. The summed E-state index contributed by atoms with van der Waals surface area (Å²) in [5, 5.41) is 0. The molecule has 1 heteroatoms. The Bertz CT molecular complexity index is 375. The van der Waals surface area contributed by atoms with Crippen molar-refractivity contribution in [2.24, 2.45) is 11.8 Å². The van der Waals surface area contributed by atoms with Gasteiger partial charge in [0, 0.05) is 0 Å². The fourth-order valence-corrected chi connectivity index (χ4v) is 2.01. The van der Waals surface area contributed by atoms with E-state index < -0.39 is 0 Å². The van der Waals surface area contributed by atoms with Crippen molar-refractivity contribution in [1.82, 2.24) is 0 Å². The van der Waals surface area contributed by atoms with E-state index >= 15 is 0 Å². The molecule has 0 saturated heterocycles. The van der Waals surface area contributed by atoms with Crippen molar-refractivity contribution in [3.8, 4) is 0 Å². The molecule has 0 nitrogen and oxygen atoms in total. The molecule has 104 valence electrons. The van der Waals surface area contributed by atoms with Gasteiger partial charge in [0.15, 0.2) is 0 Å². The van der Waals surface area contributed by atoms with Gasteiger partial charge in [-0.25, -0.2) is 0 Å². The summed E-state index contributed by atoms with van der Waals surface area (Å²) in [5.41, 5.74) is 0. The van der Waals surface area contributed by atoms with E-state index in [1.165, 1.54) is 6.42 Å². The van der Waals surface area contributed by atoms with E-state index in [2.05, 4.69) is 36.4 Å². The van der Waals surface area contributed by atoms with E-state index in [1.54, 1.807) is 0 Å². The third kappa shape index (κ3) is 6.68. The van der Waals surface area contributed by atoms with Crippen molar-refractivity contribution in [1.29, 1.82) is 0 Å². The Labute approximate surface area is 136 Å². The minimum Gasteiger partial charge on any atom is -0.184 e. The van der Waals surface area contributed by atoms with Crippen LogP contribution < -0.4 is 0 Å². The smallest absolute Gasteiger partial charge is 0.184 e. The number of fused-ring (bicyclic) bond motifs is 2. The molecule has 2 aliphatic carbocycles. The van der Waals surface area contributed by atoms with E-state index in [4.69, 9.17) is 0 Å². The van der Waals surface area contributed by atoms with Crippen LogP contribution in [0.25, 0.3) is 0 Å². The maximum atomic E-state index is 2.89. The molecule has 4 rings (SSSR count). The van der Waals surface area contributed by atoms with Crippen LogP contribution in [-0.4, -0.2) is 0 Å². The number of benzene rings is 2. The van der Waals surface area contributed by atoms with Gasteiger partial charge in [-0.15, -0.1) is 0 Å². The van der Waals surface area contributed by atoms with Crippen molar-refractivity contribution in [2.45, 2.75) is 6.42 Å². The van der Waals surface area contributed by atoms with E-state index in [0.717, 1.165) is 11.8 Å². The molecule has 0 radical (unpaired) electrons. The molecule has 20 heavy (non-hydrogen) atoms. The average molecular weight is 441 g/mol. The number of allylic oxidation sites excluding steroid dienone is 4. The zero-order valence-electron chi connectivity index (χ0n) is 11.3. The number of hydrogen-bond donors (Lipinski definition) is 0. The van der Waals surface area contributed by atoms with Crippen LogP contribution in [0, 0.1) is 24.0 Å². The van der Waals surface area contributed by atoms with E-state index in [0.29, 0.717) is 0 Å². The van der Waals surface area contributed by atoms with Crippen molar-refractivity contribution < 1.29 is 21.1 Å². The molecule has 2 bridgehead atoms. The Balaban J connectivity index is 0.000000147. The van der Waals surface area contributed by atoms with E-state index in [1.807, 2.05) is 60.7 Å². The second kappa shape index (κ2) is 10.4. The van der Waals surface area contributed by atoms with Gasteiger partial charge in [0.1, 0.15) is 0 Å². The summed E-state index contributed by atoms with van der Waals surface area (Å²) in [7, 11) is 0. The minimum atomic E-state index is 0. The second-order valence-corrected chi connectivity index (χ2v) is 4.49. The molecule has 2 aromatic rings. The molecule has 0 heterocycles. The molecule has 2 aromatic carbocycles. The average Bonchev–Trinajstić information content (AvgIpc) is 3.17. The number of hydrogen-bond acceptors (Lipinski definition) is 0. The van der Waals surface area contributed by atoms with Gasteiger partial charge < -0.3 is 0 Å². The third-order valence-electron chi connectivity index (χ3n) is 2.97. The maximum absolute atomic E-state index is 2.89. The van der Waals surface area contributed by atoms with Crippen molar-refractivity contribution in [3.63, 3.8) is 0 Å². The van der Waals surface area contributed by atoms with Crippen LogP contribution in [-0.2, 0) is 21.1 Å². The van der Waals surface area contributed by atoms with Gasteiger partial charge in [0.25, 0.3) is 0 Å². The molecule has 0 saturated carbocycles. The SMILES string of the molecule is C1=CC2C=CC1C2.[Pt+2].[c-]1ccccc1.[c-]1ccccc1. The van der Waals surface area contributed by atoms with Gasteiger partial charge in [0.05, 0.1) is 0 Å². The van der Waals surface area contributed by atoms with Crippen LogP contribution >= 0.6 is 0 Å². The summed E-state index contributed by atoms with van der Waals surface area (Å²) < 4.78 is 0. The molecule has 0 aromatic heterocycles. The van der Waals surface area contributed by atoms with Gasteiger partial charge >= 0.3 is 21.1 Å². The Morgan fingerprint density at radius 3 is 1.00 bits per heavy atom. The Morgan fingerprint density at radius 2 is 0.900 bits per heavy atom. The van der Waals surface area contributed by atoms with Crippen molar-refractivity contribution in [2.75, 3.05) is 0 Å². The normalized spacial score (nSPS) is 20.0. The van der Waals surface area contributed by atoms with Gasteiger partial charge in [0.2, 0.25) is 0 Å². The summed E-state index contributed by atoms with van der Waals surface area (Å²) in [6.07, 6.45) is 10.5. The fraction of sp³-hybridized carbons (Fsp3) is 0.158. The molecule has 0 unspecified atom stereocenters. The van der Waals surface area contributed by atoms with Gasteiger partial charge in [-0.05, 0) is 18.3 Å². The van der Waals surface area contributed by atoms with Crippen molar-refractivity contribution in [3.05, 3.63) is 97.1 Å². The van der Waals surface area contributed by atoms with E-state index in [-0.39, 0.29) is 21.1 Å². The summed E-state index contributed by atoms with van der Waals surface area (Å²) in [5.74, 6) is 1.62. The standard InChI is InChI=1S/C7H8.2C6H5.Pt/c1-2-7-4-3-6(1)5-7;2*1-2-4-6-5-3-1;/h1-4,6-7H,5H2;2*1-5H;/q;2*-1;+2. The second-order valence-electron chi connectivity index (χ2n) is 4.49. The zero-order valence-corrected chi connectivity index (χ0v) is 13.5. The predicted octanol–water partition coefficient (Wildman–Crippen LogP) is 4.72. The molecule has 0 amide bonds. The zero-order chi connectivity index (χ0) is 13.2. The van der Waals surface area contributed by atoms with Crippen LogP contribution in [0.1, 0.15) is 6.42 Å². The molecule has 0 fully saturated rings. The van der Waals surface area contributed by atoms with Crippen molar-refractivity contribution >= 4 is 0 Å². The molecule has 0 spiro atoms. The summed E-state index contributed by atoms with van der Waals surface area (Å²) in [4.78, 5) is 0. The Morgan fingerprint density at radius 1 is 0.550 bits per heavy atom. The van der Waals surface area contributed by atoms with Crippen LogP contribution in [0.5, 0.6) is 0 Å². The largest absolute Gasteiger partial charge is 2.00 e. The molecule has 2 aliphatic rings. The van der Waals surface area contributed by atoms with E-state index in [9.17, 15) is 0 Å². The molecule has 0 atom stereocenters. The Kier molecular flexibility index (Phi) is 8.67. The predicted molar refractivity (Wildman–Crippen MR) is 80.4 cm³/mol. The third-order valence-corrected chi connectivity index (χ3v) is 2.97. The van der Waals surface area contributed by atoms with Crippen LogP contribution in [0.15, 0.2) is 85.0 Å². The summed E-state index contributed by atoms with van der Waals surface area (Å²) in [6.45, 7) is 0. The topological polar surface area (TPSA) is 0 Å². The maximum Gasteiger partial charge on any atom is 2.00 e. The van der Waals surface area contributed by atoms with Crippen LogP contribution in [0.4, 0.5) is 0 Å². The first-order valence-corrected chi connectivity index (χ1v) is 6.64. The molecule has 0 N–H and O–H groups in total. The summed E-state index contributed by atoms with van der Waals surface area (Å²) in [6, 6.07) is 25.0. The first-order valence-electron chi connectivity index (χ1n) is 6.64. The monoisotopic (exact) mass is 441 g/mol. The Hall–Kier alpha value is -1.39. The van der Waals surface area contributed by atoms with Crippen LogP contribution in [0.3, 0.4) is 0 Å². The first kappa shape index (κ1) is 16.7. The molecular formula is C19H18Pt. The van der Waals surface area contributed by atoms with Gasteiger partial charge in [-0.2, -0.15) is 72.8 Å². The van der Waals surface area contributed by atoms with Gasteiger partial charge in [-0.3, -0.25) is 0 Å². The van der Waals surface area contributed by atoms with Crippen LogP contribution in [0.2, 0.25) is 0 Å². The van der Waals surface area contributed by atoms with Gasteiger partial charge in [-0.1, -0.05) is 24.3 Å². The summed E-state index contributed by atoms with van der Waals surface area (Å²) >= 11 is 0. The minimum absolute atomic E-state index is 0. The fourth-order valence-electron chi connectivity index (χ4n) is 2.01. The molecular weight excluding hydrogens is 423 g/mol.